The highest BCUT2D eigenvalue weighted by atomic mass is 35.5. The smallest absolute Gasteiger partial charge is 0.220 e. The lowest BCUT2D eigenvalue weighted by atomic mass is 9.99. The molecule has 1 amide bonds. The molecular weight excluding hydrogens is 288 g/mol. The number of aliphatic hydroxyl groups is 2. The molecule has 2 heterocycles. The van der Waals surface area contributed by atoms with Crippen LogP contribution in [0.15, 0.2) is 10.6 Å². The molecule has 0 radical (unpaired) electrons. The van der Waals surface area contributed by atoms with Crippen LogP contribution in [0.5, 0.6) is 0 Å². The Hall–Kier alpha value is -1.15. The number of aryl methyl sites for hydroxylation is 1. The number of halogens is 1. The molecule has 0 bridgehead atoms. The van der Waals surface area contributed by atoms with E-state index < -0.39 is 18.2 Å². The summed E-state index contributed by atoms with van der Waals surface area (Å²) in [5.41, 5.74) is 0. The molecule has 0 spiro atoms. The van der Waals surface area contributed by atoms with Crippen LogP contribution in [-0.4, -0.2) is 52.7 Å². The third kappa shape index (κ3) is 3.92. The Kier molecular flexibility index (Phi) is 5.36. The van der Waals surface area contributed by atoms with Crippen molar-refractivity contribution < 1.29 is 24.3 Å². The number of nitrogens with zero attached hydrogens (tertiary/aromatic N) is 1. The van der Waals surface area contributed by atoms with Crippen molar-refractivity contribution in [2.45, 2.75) is 37.5 Å². The summed E-state index contributed by atoms with van der Waals surface area (Å²) in [5, 5.41) is 25.5. The van der Waals surface area contributed by atoms with Gasteiger partial charge in [-0.15, -0.1) is 0 Å². The minimum absolute atomic E-state index is 0.208. The van der Waals surface area contributed by atoms with Crippen LogP contribution in [0, 0.1) is 0 Å². The van der Waals surface area contributed by atoms with E-state index in [1.54, 1.807) is 6.07 Å². The van der Waals surface area contributed by atoms with Gasteiger partial charge in [-0.3, -0.25) is 4.79 Å². The molecular formula is C12H17ClN2O5. The Morgan fingerprint density at radius 1 is 1.60 bits per heavy atom. The fraction of sp³-hybridized carbons (Fsp3) is 0.667. The van der Waals surface area contributed by atoms with Crippen molar-refractivity contribution in [2.24, 2.45) is 0 Å². The second-order valence-corrected chi connectivity index (χ2v) is 5.05. The van der Waals surface area contributed by atoms with E-state index >= 15 is 0 Å². The maximum atomic E-state index is 11.8. The number of aromatic nitrogens is 1. The van der Waals surface area contributed by atoms with Crippen molar-refractivity contribution in [3.8, 4) is 0 Å². The fourth-order valence-corrected chi connectivity index (χ4v) is 2.27. The normalized spacial score (nSPS) is 26.4. The zero-order chi connectivity index (χ0) is 14.5. The van der Waals surface area contributed by atoms with E-state index in [4.69, 9.17) is 26.0 Å². The number of aliphatic hydroxyl groups excluding tert-OH is 2. The Labute approximate surface area is 120 Å². The second-order valence-electron chi connectivity index (χ2n) is 4.66. The molecule has 1 aromatic heterocycles. The lowest BCUT2D eigenvalue weighted by Gasteiger charge is -2.34. The van der Waals surface area contributed by atoms with E-state index in [1.165, 1.54) is 0 Å². The van der Waals surface area contributed by atoms with Gasteiger partial charge in [-0.2, -0.15) is 0 Å². The maximum absolute atomic E-state index is 11.8. The number of carbonyl (C=O) groups is 1. The molecule has 8 heteroatoms. The van der Waals surface area contributed by atoms with Crippen LogP contribution in [0.25, 0.3) is 0 Å². The molecule has 1 aliphatic rings. The topological polar surface area (TPSA) is 105 Å². The van der Waals surface area contributed by atoms with Crippen LogP contribution in [0.2, 0.25) is 5.15 Å². The van der Waals surface area contributed by atoms with Crippen molar-refractivity contribution >= 4 is 17.5 Å². The molecule has 0 aromatic carbocycles. The molecule has 1 fully saturated rings. The first-order valence-corrected chi connectivity index (χ1v) is 6.79. The molecule has 0 unspecified atom stereocenters. The standard InChI is InChI=1S/C12H17ClN2O5/c13-10-5-7(20-15-10)1-2-11(17)14-8-3-4-19-9(6-16)12(8)18/h5,8-9,12,16,18H,1-4,6H2,(H,14,17)/t8-,9+,12-/m0/s1. The number of hydrogen-bond donors (Lipinski definition) is 3. The van der Waals surface area contributed by atoms with Crippen molar-refractivity contribution in [3.63, 3.8) is 0 Å². The first kappa shape index (κ1) is 15.2. The summed E-state index contributed by atoms with van der Waals surface area (Å²) in [6.45, 7) is 0.120. The minimum atomic E-state index is -0.905. The van der Waals surface area contributed by atoms with Gasteiger partial charge < -0.3 is 24.8 Å². The van der Waals surface area contributed by atoms with Crippen molar-refractivity contribution in [3.05, 3.63) is 17.0 Å². The molecule has 7 nitrogen and oxygen atoms in total. The Balaban J connectivity index is 1.78. The largest absolute Gasteiger partial charge is 0.394 e. The molecule has 0 saturated carbocycles. The predicted molar refractivity (Wildman–Crippen MR) is 69.2 cm³/mol. The number of ether oxygens (including phenoxy) is 1. The molecule has 3 N–H and O–H groups in total. The number of rotatable bonds is 5. The van der Waals surface area contributed by atoms with Gasteiger partial charge in [0.15, 0.2) is 5.15 Å². The van der Waals surface area contributed by atoms with Crippen LogP contribution in [0.4, 0.5) is 0 Å². The van der Waals surface area contributed by atoms with Crippen LogP contribution in [-0.2, 0) is 16.0 Å². The van der Waals surface area contributed by atoms with Gasteiger partial charge in [0.25, 0.3) is 0 Å². The maximum Gasteiger partial charge on any atom is 0.220 e. The van der Waals surface area contributed by atoms with E-state index in [9.17, 15) is 9.90 Å². The van der Waals surface area contributed by atoms with Gasteiger partial charge in [0.2, 0.25) is 5.91 Å². The Morgan fingerprint density at radius 2 is 2.40 bits per heavy atom. The highest BCUT2D eigenvalue weighted by Gasteiger charge is 2.33. The molecule has 1 aliphatic heterocycles. The zero-order valence-corrected chi connectivity index (χ0v) is 11.5. The van der Waals surface area contributed by atoms with Gasteiger partial charge in [0.1, 0.15) is 18.0 Å². The SMILES string of the molecule is O=C(CCc1cc(Cl)no1)N[C@H]1CCO[C@H](CO)[C@H]1O. The van der Waals surface area contributed by atoms with Gasteiger partial charge in [-0.05, 0) is 6.42 Å². The van der Waals surface area contributed by atoms with Crippen molar-refractivity contribution in [1.82, 2.24) is 10.5 Å². The number of hydrogen-bond acceptors (Lipinski definition) is 6. The first-order valence-electron chi connectivity index (χ1n) is 6.41. The highest BCUT2D eigenvalue weighted by Crippen LogP contribution is 2.15. The molecule has 112 valence electrons. The highest BCUT2D eigenvalue weighted by molar-refractivity contribution is 6.29. The van der Waals surface area contributed by atoms with Crippen molar-refractivity contribution in [2.75, 3.05) is 13.2 Å². The van der Waals surface area contributed by atoms with E-state index in [0.717, 1.165) is 0 Å². The van der Waals surface area contributed by atoms with E-state index in [1.807, 2.05) is 0 Å². The summed E-state index contributed by atoms with van der Waals surface area (Å²) in [7, 11) is 0. The van der Waals surface area contributed by atoms with Gasteiger partial charge in [0.05, 0.1) is 12.6 Å². The van der Waals surface area contributed by atoms with Gasteiger partial charge in [-0.1, -0.05) is 16.8 Å². The third-order valence-electron chi connectivity index (χ3n) is 3.21. The average molecular weight is 305 g/mol. The summed E-state index contributed by atoms with van der Waals surface area (Å²) in [4.78, 5) is 11.8. The lowest BCUT2D eigenvalue weighted by Crippen LogP contribution is -2.54. The molecule has 3 atom stereocenters. The molecule has 1 saturated heterocycles. The van der Waals surface area contributed by atoms with E-state index in [0.29, 0.717) is 25.2 Å². The Bertz CT molecular complexity index is 453. The first-order chi connectivity index (χ1) is 9.60. The van der Waals surface area contributed by atoms with Crippen LogP contribution in [0.1, 0.15) is 18.6 Å². The lowest BCUT2D eigenvalue weighted by molar-refractivity contribution is -0.131. The number of nitrogens with one attached hydrogen (secondary N) is 1. The second kappa shape index (κ2) is 7.03. The monoisotopic (exact) mass is 304 g/mol. The van der Waals surface area contributed by atoms with E-state index in [-0.39, 0.29) is 24.1 Å². The number of carbonyl (C=O) groups excluding carboxylic acids is 1. The fourth-order valence-electron chi connectivity index (χ4n) is 2.11. The van der Waals surface area contributed by atoms with Crippen LogP contribution in [0.3, 0.4) is 0 Å². The van der Waals surface area contributed by atoms with Crippen LogP contribution < -0.4 is 5.32 Å². The van der Waals surface area contributed by atoms with Gasteiger partial charge in [-0.25, -0.2) is 0 Å². The third-order valence-corrected chi connectivity index (χ3v) is 3.39. The molecule has 2 rings (SSSR count). The van der Waals surface area contributed by atoms with E-state index in [2.05, 4.69) is 10.5 Å². The predicted octanol–water partition coefficient (Wildman–Crippen LogP) is -0.113. The summed E-state index contributed by atoms with van der Waals surface area (Å²) in [6.07, 6.45) is -0.454. The summed E-state index contributed by atoms with van der Waals surface area (Å²) in [5.74, 6) is 0.325. The van der Waals surface area contributed by atoms with Gasteiger partial charge >= 0.3 is 0 Å². The van der Waals surface area contributed by atoms with Gasteiger partial charge in [0, 0.05) is 25.5 Å². The number of amides is 1. The molecule has 0 aliphatic carbocycles. The molecule has 1 aromatic rings. The quantitative estimate of drug-likeness (QED) is 0.701. The van der Waals surface area contributed by atoms with Crippen molar-refractivity contribution in [1.29, 1.82) is 0 Å². The average Bonchev–Trinajstić information content (AvgIpc) is 2.85. The van der Waals surface area contributed by atoms with Crippen LogP contribution >= 0.6 is 11.6 Å². The summed E-state index contributed by atoms with van der Waals surface area (Å²) < 4.78 is 10.1. The summed E-state index contributed by atoms with van der Waals surface area (Å²) in [6, 6.07) is 1.15. The summed E-state index contributed by atoms with van der Waals surface area (Å²) >= 11 is 5.61. The Morgan fingerprint density at radius 3 is 3.05 bits per heavy atom. The minimum Gasteiger partial charge on any atom is -0.394 e. The zero-order valence-electron chi connectivity index (χ0n) is 10.8. The molecule has 20 heavy (non-hydrogen) atoms.